The van der Waals surface area contributed by atoms with Crippen LogP contribution < -0.4 is 4.90 Å². The van der Waals surface area contributed by atoms with Crippen molar-refractivity contribution in [3.8, 4) is 5.69 Å². The highest BCUT2D eigenvalue weighted by atomic mass is 32.2. The van der Waals surface area contributed by atoms with Crippen LogP contribution in [-0.4, -0.2) is 23.1 Å². The second-order valence-electron chi connectivity index (χ2n) is 7.94. The highest BCUT2D eigenvalue weighted by Gasteiger charge is 2.29. The number of aryl methyl sites for hydroxylation is 1. The largest absolute Gasteiger partial charge is 0.452 e. The Bertz CT molecular complexity index is 1370. The van der Waals surface area contributed by atoms with E-state index in [9.17, 15) is 14.0 Å². The lowest BCUT2D eigenvalue weighted by atomic mass is 10.2. The normalized spacial score (nSPS) is 12.1. The zero-order valence-corrected chi connectivity index (χ0v) is 19.4. The van der Waals surface area contributed by atoms with Crippen molar-refractivity contribution in [2.45, 2.75) is 23.6 Å². The number of hydrogen-bond donors (Lipinski definition) is 0. The van der Waals surface area contributed by atoms with Crippen molar-refractivity contribution >= 4 is 35.0 Å². The van der Waals surface area contributed by atoms with Gasteiger partial charge in [0.05, 0.1) is 16.9 Å². The van der Waals surface area contributed by atoms with Crippen LogP contribution in [0.5, 0.6) is 0 Å². The second-order valence-corrected chi connectivity index (χ2v) is 9.02. The molecule has 0 atom stereocenters. The van der Waals surface area contributed by atoms with Gasteiger partial charge in [0.1, 0.15) is 5.82 Å². The lowest BCUT2D eigenvalue weighted by Gasteiger charge is -2.30. The highest BCUT2D eigenvalue weighted by Crippen LogP contribution is 2.47. The molecule has 0 radical (unpaired) electrons. The van der Waals surface area contributed by atoms with Gasteiger partial charge in [0.25, 0.3) is 5.91 Å². The summed E-state index contributed by atoms with van der Waals surface area (Å²) in [4.78, 5) is 29.7. The van der Waals surface area contributed by atoms with Crippen molar-refractivity contribution in [3.05, 3.63) is 102 Å². The van der Waals surface area contributed by atoms with Crippen molar-refractivity contribution in [1.82, 2.24) is 4.57 Å². The number of aromatic nitrogens is 1. The molecule has 4 aromatic rings. The molecule has 1 aliphatic heterocycles. The van der Waals surface area contributed by atoms with Gasteiger partial charge >= 0.3 is 5.97 Å². The number of esters is 1. The molecule has 0 unspecified atom stereocenters. The molecule has 34 heavy (non-hydrogen) atoms. The first-order valence-corrected chi connectivity index (χ1v) is 11.6. The Morgan fingerprint density at radius 2 is 1.47 bits per heavy atom. The van der Waals surface area contributed by atoms with Gasteiger partial charge < -0.3 is 9.30 Å². The number of carbonyl (C=O) groups excluding carboxylic acids is 2. The molecule has 0 saturated carbocycles. The van der Waals surface area contributed by atoms with Gasteiger partial charge in [-0.2, -0.15) is 0 Å². The first-order valence-electron chi connectivity index (χ1n) is 10.7. The number of halogens is 1. The number of benzene rings is 3. The van der Waals surface area contributed by atoms with Gasteiger partial charge in [0.15, 0.2) is 6.61 Å². The molecule has 1 aliphatic rings. The lowest BCUT2D eigenvalue weighted by molar-refractivity contribution is -0.121. The summed E-state index contributed by atoms with van der Waals surface area (Å²) in [7, 11) is 0. The third-order valence-electron chi connectivity index (χ3n) is 5.74. The van der Waals surface area contributed by atoms with Crippen LogP contribution in [0.25, 0.3) is 5.69 Å². The molecule has 0 saturated heterocycles. The quantitative estimate of drug-likeness (QED) is 0.331. The number of carbonyl (C=O) groups is 2. The zero-order chi connectivity index (χ0) is 23.8. The first kappa shape index (κ1) is 22.0. The Morgan fingerprint density at radius 3 is 2.09 bits per heavy atom. The van der Waals surface area contributed by atoms with Crippen LogP contribution in [0.4, 0.5) is 15.8 Å². The number of amides is 1. The SMILES string of the molecule is Cc1cc(C(=O)OCC(=O)N2c3ccccc3Sc3ccccc32)c(C)n1-c1ccc(F)cc1. The number of fused-ring (bicyclic) bond motifs is 2. The van der Waals surface area contributed by atoms with E-state index in [0.29, 0.717) is 11.3 Å². The summed E-state index contributed by atoms with van der Waals surface area (Å²) >= 11 is 1.60. The molecular formula is C27H21FN2O3S. The Kier molecular flexibility index (Phi) is 5.71. The van der Waals surface area contributed by atoms with E-state index in [1.165, 1.54) is 12.1 Å². The molecule has 5 nitrogen and oxygen atoms in total. The van der Waals surface area contributed by atoms with Crippen molar-refractivity contribution in [2.75, 3.05) is 11.5 Å². The number of hydrogen-bond acceptors (Lipinski definition) is 4. The van der Waals surface area contributed by atoms with Gasteiger partial charge in [-0.25, -0.2) is 9.18 Å². The molecule has 0 bridgehead atoms. The Hall–Kier alpha value is -3.84. The number of para-hydroxylation sites is 2. The summed E-state index contributed by atoms with van der Waals surface area (Å²) < 4.78 is 20.7. The molecule has 1 aromatic heterocycles. The van der Waals surface area contributed by atoms with Crippen LogP contribution in [-0.2, 0) is 9.53 Å². The smallest absolute Gasteiger partial charge is 0.340 e. The van der Waals surface area contributed by atoms with Gasteiger partial charge in [0, 0.05) is 26.9 Å². The minimum atomic E-state index is -0.581. The van der Waals surface area contributed by atoms with E-state index >= 15 is 0 Å². The third kappa shape index (κ3) is 3.88. The van der Waals surface area contributed by atoms with E-state index in [1.807, 2.05) is 60.0 Å². The van der Waals surface area contributed by atoms with Crippen molar-refractivity contribution < 1.29 is 18.7 Å². The topological polar surface area (TPSA) is 51.5 Å². The Labute approximate surface area is 200 Å². The average molecular weight is 473 g/mol. The van der Waals surface area contributed by atoms with E-state index in [4.69, 9.17) is 4.74 Å². The van der Waals surface area contributed by atoms with E-state index in [1.54, 1.807) is 41.8 Å². The fraction of sp³-hybridized carbons (Fsp3) is 0.111. The summed E-state index contributed by atoms with van der Waals surface area (Å²) in [6.07, 6.45) is 0. The first-order chi connectivity index (χ1) is 16.4. The number of ether oxygens (including phenoxy) is 1. The third-order valence-corrected chi connectivity index (χ3v) is 6.87. The van der Waals surface area contributed by atoms with E-state index < -0.39 is 12.6 Å². The van der Waals surface area contributed by atoms with Crippen LogP contribution in [0.3, 0.4) is 0 Å². The van der Waals surface area contributed by atoms with Crippen LogP contribution in [0.1, 0.15) is 21.7 Å². The summed E-state index contributed by atoms with van der Waals surface area (Å²) in [6, 6.07) is 23.1. The number of rotatable bonds is 4. The molecule has 0 spiro atoms. The molecule has 0 aliphatic carbocycles. The fourth-order valence-electron chi connectivity index (χ4n) is 4.20. The van der Waals surface area contributed by atoms with E-state index in [2.05, 4.69) is 0 Å². The maximum atomic E-state index is 13.3. The lowest BCUT2D eigenvalue weighted by Crippen LogP contribution is -2.32. The van der Waals surface area contributed by atoms with Crippen molar-refractivity contribution in [3.63, 3.8) is 0 Å². The van der Waals surface area contributed by atoms with Crippen LogP contribution in [0.2, 0.25) is 0 Å². The molecule has 5 rings (SSSR count). The Balaban J connectivity index is 1.38. The molecule has 170 valence electrons. The molecule has 1 amide bonds. The summed E-state index contributed by atoms with van der Waals surface area (Å²) in [5.41, 5.74) is 4.10. The van der Waals surface area contributed by atoms with Gasteiger partial charge in [-0.1, -0.05) is 36.0 Å². The molecule has 7 heteroatoms. The van der Waals surface area contributed by atoms with Crippen LogP contribution in [0.15, 0.2) is 88.7 Å². The molecular weight excluding hydrogens is 451 g/mol. The monoisotopic (exact) mass is 472 g/mol. The van der Waals surface area contributed by atoms with Crippen LogP contribution in [0, 0.1) is 19.7 Å². The maximum Gasteiger partial charge on any atom is 0.340 e. The standard InChI is InChI=1S/C27H21FN2O3S/c1-17-15-21(18(2)29(17)20-13-11-19(28)12-14-20)27(32)33-16-26(31)30-22-7-3-5-9-24(22)34-25-10-6-4-8-23(25)30/h3-15H,16H2,1-2H3. The van der Waals surface area contributed by atoms with E-state index in [-0.39, 0.29) is 11.7 Å². The van der Waals surface area contributed by atoms with Crippen LogP contribution >= 0.6 is 11.8 Å². The van der Waals surface area contributed by atoms with E-state index in [0.717, 1.165) is 32.5 Å². The zero-order valence-electron chi connectivity index (χ0n) is 18.6. The number of nitrogens with zero attached hydrogens (tertiary/aromatic N) is 2. The number of anilines is 2. The fourth-order valence-corrected chi connectivity index (χ4v) is 5.26. The van der Waals surface area contributed by atoms with Gasteiger partial charge in [0.2, 0.25) is 0 Å². The second kappa shape index (κ2) is 8.83. The summed E-state index contributed by atoms with van der Waals surface area (Å²) in [5.74, 6) is -1.24. The van der Waals surface area contributed by atoms with Gasteiger partial charge in [-0.15, -0.1) is 0 Å². The van der Waals surface area contributed by atoms with Gasteiger partial charge in [-0.3, -0.25) is 9.69 Å². The summed E-state index contributed by atoms with van der Waals surface area (Å²) in [5, 5.41) is 0. The predicted molar refractivity (Wildman–Crippen MR) is 130 cm³/mol. The van der Waals surface area contributed by atoms with Crippen molar-refractivity contribution in [2.24, 2.45) is 0 Å². The molecule has 3 aromatic carbocycles. The molecule has 0 fully saturated rings. The molecule has 2 heterocycles. The minimum absolute atomic E-state index is 0.330. The molecule has 0 N–H and O–H groups in total. The Morgan fingerprint density at radius 1 is 0.882 bits per heavy atom. The van der Waals surface area contributed by atoms with Gasteiger partial charge in [-0.05, 0) is 68.4 Å². The van der Waals surface area contributed by atoms with Crippen molar-refractivity contribution in [1.29, 1.82) is 0 Å². The maximum absolute atomic E-state index is 13.3. The average Bonchev–Trinajstić information content (AvgIpc) is 3.15. The minimum Gasteiger partial charge on any atom is -0.452 e. The predicted octanol–water partition coefficient (Wildman–Crippen LogP) is 6.22. The summed E-state index contributed by atoms with van der Waals surface area (Å²) in [6.45, 7) is 3.26. The highest BCUT2D eigenvalue weighted by molar-refractivity contribution is 7.99.